The molecule has 1 atom stereocenters. The summed E-state index contributed by atoms with van der Waals surface area (Å²) in [6.07, 6.45) is 0. The van der Waals surface area contributed by atoms with E-state index in [1.807, 2.05) is 0 Å². The molecular weight excluding hydrogens is 268 g/mol. The molecule has 1 fully saturated rings. The van der Waals surface area contributed by atoms with Crippen molar-refractivity contribution in [1.82, 2.24) is 10.2 Å². The molecule has 1 aromatic rings. The smallest absolute Gasteiger partial charge is 0.120 e. The minimum Gasteiger partial charge on any atom is -0.463 e. The normalized spacial score (nSPS) is 21.4. The third-order valence-electron chi connectivity index (χ3n) is 3.72. The highest BCUT2D eigenvalue weighted by atomic mass is 32.2. The van der Waals surface area contributed by atoms with Gasteiger partial charge in [0.15, 0.2) is 0 Å². The second-order valence-corrected chi connectivity index (χ2v) is 7.97. The Kier molecular flexibility index (Phi) is 5.21. The number of nitrogens with one attached hydrogen (secondary N) is 1. The van der Waals surface area contributed by atoms with Crippen LogP contribution in [0.4, 0.5) is 0 Å². The van der Waals surface area contributed by atoms with Crippen molar-refractivity contribution in [3.05, 3.63) is 23.2 Å². The number of furan rings is 1. The molecule has 1 aromatic heterocycles. The predicted octanol–water partition coefficient (Wildman–Crippen LogP) is 3.41. The minimum absolute atomic E-state index is 0.123. The Morgan fingerprint density at radius 2 is 2.20 bits per heavy atom. The van der Waals surface area contributed by atoms with Gasteiger partial charge in [0, 0.05) is 29.6 Å². The van der Waals surface area contributed by atoms with Gasteiger partial charge in [-0.1, -0.05) is 0 Å². The highest BCUT2D eigenvalue weighted by Gasteiger charge is 2.20. The molecule has 1 aliphatic rings. The first kappa shape index (κ1) is 15.9. The maximum atomic E-state index is 6.05. The van der Waals surface area contributed by atoms with Crippen LogP contribution in [0.3, 0.4) is 0 Å². The molecule has 0 bridgehead atoms. The lowest BCUT2D eigenvalue weighted by molar-refractivity contribution is 0.204. The SMILES string of the molecule is Cc1cc(CN2CCSCC2C)oc1CNC(C)(C)C. The quantitative estimate of drug-likeness (QED) is 0.921. The molecular formula is C16H28N2OS. The van der Waals surface area contributed by atoms with Gasteiger partial charge in [-0.25, -0.2) is 0 Å². The first-order valence-electron chi connectivity index (χ1n) is 7.50. The van der Waals surface area contributed by atoms with Crippen LogP contribution in [0.5, 0.6) is 0 Å². The van der Waals surface area contributed by atoms with Crippen LogP contribution in [-0.4, -0.2) is 34.5 Å². The fourth-order valence-corrected chi connectivity index (χ4v) is 3.47. The van der Waals surface area contributed by atoms with Crippen molar-refractivity contribution in [2.45, 2.75) is 59.3 Å². The van der Waals surface area contributed by atoms with Crippen molar-refractivity contribution in [3.63, 3.8) is 0 Å². The number of rotatable bonds is 4. The Labute approximate surface area is 127 Å². The maximum absolute atomic E-state index is 6.05. The second-order valence-electron chi connectivity index (χ2n) is 6.82. The topological polar surface area (TPSA) is 28.4 Å². The third kappa shape index (κ3) is 4.54. The molecule has 0 aliphatic carbocycles. The summed E-state index contributed by atoms with van der Waals surface area (Å²) in [4.78, 5) is 2.52. The lowest BCUT2D eigenvalue weighted by Crippen LogP contribution is -2.39. The Bertz CT molecular complexity index is 436. The Hall–Kier alpha value is -0.450. The predicted molar refractivity (Wildman–Crippen MR) is 87.2 cm³/mol. The van der Waals surface area contributed by atoms with Crippen molar-refractivity contribution in [1.29, 1.82) is 0 Å². The van der Waals surface area contributed by atoms with Gasteiger partial charge in [0.2, 0.25) is 0 Å². The largest absolute Gasteiger partial charge is 0.463 e. The molecule has 20 heavy (non-hydrogen) atoms. The number of nitrogens with zero attached hydrogens (tertiary/aromatic N) is 1. The van der Waals surface area contributed by atoms with Crippen LogP contribution in [0.1, 0.15) is 44.8 Å². The zero-order valence-corrected chi connectivity index (χ0v) is 14.3. The van der Waals surface area contributed by atoms with E-state index in [-0.39, 0.29) is 5.54 Å². The summed E-state index contributed by atoms with van der Waals surface area (Å²) >= 11 is 2.05. The van der Waals surface area contributed by atoms with Crippen LogP contribution < -0.4 is 5.32 Å². The molecule has 1 N–H and O–H groups in total. The fraction of sp³-hybridized carbons (Fsp3) is 0.750. The van der Waals surface area contributed by atoms with E-state index >= 15 is 0 Å². The van der Waals surface area contributed by atoms with E-state index in [0.717, 1.165) is 24.6 Å². The summed E-state index contributed by atoms with van der Waals surface area (Å²) in [6.45, 7) is 13.9. The summed E-state index contributed by atoms with van der Waals surface area (Å²) in [6, 6.07) is 2.85. The van der Waals surface area contributed by atoms with Crippen molar-refractivity contribution in [3.8, 4) is 0 Å². The summed E-state index contributed by atoms with van der Waals surface area (Å²) in [7, 11) is 0. The van der Waals surface area contributed by atoms with Crippen molar-refractivity contribution >= 4 is 11.8 Å². The van der Waals surface area contributed by atoms with E-state index in [1.165, 1.54) is 23.6 Å². The first-order valence-corrected chi connectivity index (χ1v) is 8.65. The molecule has 2 heterocycles. The van der Waals surface area contributed by atoms with Crippen LogP contribution in [0.2, 0.25) is 0 Å². The highest BCUT2D eigenvalue weighted by Crippen LogP contribution is 2.21. The zero-order chi connectivity index (χ0) is 14.8. The zero-order valence-electron chi connectivity index (χ0n) is 13.5. The molecule has 0 amide bonds. The fourth-order valence-electron chi connectivity index (χ4n) is 2.39. The van der Waals surface area contributed by atoms with Crippen LogP contribution in [0.25, 0.3) is 0 Å². The average molecular weight is 296 g/mol. The number of aryl methyl sites for hydroxylation is 1. The standard InChI is InChI=1S/C16H28N2OS/c1-12-8-14(10-18-6-7-20-11-13(18)2)19-15(12)9-17-16(3,4)5/h8,13,17H,6-7,9-11H2,1-5H3. The van der Waals surface area contributed by atoms with E-state index in [2.05, 4.69) is 62.7 Å². The van der Waals surface area contributed by atoms with Crippen LogP contribution in [0, 0.1) is 6.92 Å². The maximum Gasteiger partial charge on any atom is 0.120 e. The van der Waals surface area contributed by atoms with E-state index in [4.69, 9.17) is 4.42 Å². The molecule has 1 unspecified atom stereocenters. The number of hydrogen-bond acceptors (Lipinski definition) is 4. The van der Waals surface area contributed by atoms with Crippen molar-refractivity contribution in [2.24, 2.45) is 0 Å². The molecule has 114 valence electrons. The molecule has 0 spiro atoms. The second kappa shape index (κ2) is 6.54. The van der Waals surface area contributed by atoms with Crippen molar-refractivity contribution < 1.29 is 4.42 Å². The van der Waals surface area contributed by atoms with Gasteiger partial charge in [-0.2, -0.15) is 11.8 Å². The van der Waals surface area contributed by atoms with Gasteiger partial charge in [-0.3, -0.25) is 4.90 Å². The summed E-state index contributed by atoms with van der Waals surface area (Å²) < 4.78 is 6.05. The molecule has 1 aliphatic heterocycles. The van der Waals surface area contributed by atoms with E-state index in [1.54, 1.807) is 0 Å². The van der Waals surface area contributed by atoms with Gasteiger partial charge < -0.3 is 9.73 Å². The van der Waals surface area contributed by atoms with Gasteiger partial charge in [-0.05, 0) is 46.2 Å². The molecule has 1 saturated heterocycles. The van der Waals surface area contributed by atoms with Gasteiger partial charge in [0.05, 0.1) is 13.1 Å². The Morgan fingerprint density at radius 1 is 1.45 bits per heavy atom. The lowest BCUT2D eigenvalue weighted by atomic mass is 10.1. The van der Waals surface area contributed by atoms with Crippen LogP contribution >= 0.6 is 11.8 Å². The lowest BCUT2D eigenvalue weighted by Gasteiger charge is -2.32. The summed E-state index contributed by atoms with van der Waals surface area (Å²) in [5, 5.41) is 3.49. The van der Waals surface area contributed by atoms with Crippen LogP contribution in [-0.2, 0) is 13.1 Å². The van der Waals surface area contributed by atoms with E-state index < -0.39 is 0 Å². The molecule has 2 rings (SSSR count). The summed E-state index contributed by atoms with van der Waals surface area (Å²) in [5.41, 5.74) is 1.38. The van der Waals surface area contributed by atoms with Gasteiger partial charge >= 0.3 is 0 Å². The highest BCUT2D eigenvalue weighted by molar-refractivity contribution is 7.99. The third-order valence-corrected chi connectivity index (χ3v) is 4.90. The Balaban J connectivity index is 1.96. The van der Waals surface area contributed by atoms with Gasteiger partial charge in [0.1, 0.15) is 11.5 Å². The molecule has 0 aromatic carbocycles. The molecule has 0 saturated carbocycles. The monoisotopic (exact) mass is 296 g/mol. The Morgan fingerprint density at radius 3 is 2.85 bits per heavy atom. The van der Waals surface area contributed by atoms with Crippen LogP contribution in [0.15, 0.2) is 10.5 Å². The van der Waals surface area contributed by atoms with E-state index in [9.17, 15) is 0 Å². The molecule has 0 radical (unpaired) electrons. The van der Waals surface area contributed by atoms with Crippen molar-refractivity contribution in [2.75, 3.05) is 18.1 Å². The molecule has 3 nitrogen and oxygen atoms in total. The number of thioether (sulfide) groups is 1. The average Bonchev–Trinajstić information content (AvgIpc) is 2.69. The van der Waals surface area contributed by atoms with E-state index in [0.29, 0.717) is 6.04 Å². The van der Waals surface area contributed by atoms with Gasteiger partial charge in [-0.15, -0.1) is 0 Å². The minimum atomic E-state index is 0.123. The number of hydrogen-bond donors (Lipinski definition) is 1. The first-order chi connectivity index (χ1) is 9.35. The summed E-state index contributed by atoms with van der Waals surface area (Å²) in [5.74, 6) is 4.65. The molecule has 4 heteroatoms. The van der Waals surface area contributed by atoms with Gasteiger partial charge in [0.25, 0.3) is 0 Å².